The molecule has 0 bridgehead atoms. The largest absolute Gasteiger partial charge is 0.346 e. The highest BCUT2D eigenvalue weighted by atomic mass is 35.5. The number of terminal acetylenes is 1. The van der Waals surface area contributed by atoms with E-state index in [9.17, 15) is 0 Å². The van der Waals surface area contributed by atoms with Crippen LogP contribution < -0.4 is 10.6 Å². The summed E-state index contributed by atoms with van der Waals surface area (Å²) in [5, 5.41) is 7.76. The second-order valence-electron chi connectivity index (χ2n) is 4.17. The van der Waals surface area contributed by atoms with E-state index in [0.717, 1.165) is 18.5 Å². The minimum absolute atomic E-state index is 0.424. The lowest BCUT2D eigenvalue weighted by atomic mass is 9.94. The van der Waals surface area contributed by atoms with Gasteiger partial charge < -0.3 is 10.6 Å². The Bertz CT molecular complexity index is 484. The molecule has 19 heavy (non-hydrogen) atoms. The van der Waals surface area contributed by atoms with Crippen molar-refractivity contribution in [3.63, 3.8) is 0 Å². The molecule has 1 rings (SSSR count). The van der Waals surface area contributed by atoms with E-state index in [0.29, 0.717) is 15.2 Å². The van der Waals surface area contributed by atoms with Crippen molar-refractivity contribution in [3.05, 3.63) is 28.2 Å². The number of halogens is 2. The number of anilines is 1. The van der Waals surface area contributed by atoms with Gasteiger partial charge in [0, 0.05) is 15.7 Å². The number of thiocarbonyl (C=S) groups is 1. The average molecular weight is 315 g/mol. The maximum Gasteiger partial charge on any atom is 0.171 e. The zero-order valence-corrected chi connectivity index (χ0v) is 13.2. The number of hydrogen-bond donors (Lipinski definition) is 2. The van der Waals surface area contributed by atoms with E-state index in [1.807, 2.05) is 13.8 Å². The third kappa shape index (κ3) is 4.58. The molecule has 0 aliphatic rings. The van der Waals surface area contributed by atoms with E-state index >= 15 is 0 Å². The van der Waals surface area contributed by atoms with Gasteiger partial charge in [-0.1, -0.05) is 43.0 Å². The molecule has 0 unspecified atom stereocenters. The van der Waals surface area contributed by atoms with Crippen LogP contribution >= 0.6 is 35.4 Å². The topological polar surface area (TPSA) is 24.1 Å². The van der Waals surface area contributed by atoms with Crippen molar-refractivity contribution in [3.8, 4) is 12.3 Å². The van der Waals surface area contributed by atoms with Crippen LogP contribution in [0.25, 0.3) is 0 Å². The lowest BCUT2D eigenvalue weighted by Gasteiger charge is -2.28. The lowest BCUT2D eigenvalue weighted by Crippen LogP contribution is -2.48. The van der Waals surface area contributed by atoms with Crippen LogP contribution in [0.5, 0.6) is 0 Å². The number of nitrogens with one attached hydrogen (secondary N) is 2. The van der Waals surface area contributed by atoms with Crippen LogP contribution in [-0.4, -0.2) is 10.7 Å². The van der Waals surface area contributed by atoms with Gasteiger partial charge in [0.1, 0.15) is 0 Å². The van der Waals surface area contributed by atoms with Crippen molar-refractivity contribution in [2.45, 2.75) is 32.2 Å². The standard InChI is InChI=1S/C14H16Cl2N2S/c1-4-14(5-2,6-3)18-13(19)17-12-8-10(15)7-11(16)9-12/h1,7-9H,5-6H2,2-3H3,(H2,17,18,19). The molecule has 102 valence electrons. The molecule has 0 heterocycles. The maximum absolute atomic E-state index is 5.93. The van der Waals surface area contributed by atoms with E-state index in [1.165, 1.54) is 0 Å². The van der Waals surface area contributed by atoms with Gasteiger partial charge in [0.05, 0.1) is 5.54 Å². The summed E-state index contributed by atoms with van der Waals surface area (Å²) < 4.78 is 0. The Kier molecular flexibility index (Phi) is 5.93. The van der Waals surface area contributed by atoms with Gasteiger partial charge in [-0.25, -0.2) is 0 Å². The summed E-state index contributed by atoms with van der Waals surface area (Å²) in [6.45, 7) is 4.05. The molecule has 0 radical (unpaired) electrons. The molecule has 0 aliphatic heterocycles. The predicted molar refractivity (Wildman–Crippen MR) is 88.0 cm³/mol. The molecular weight excluding hydrogens is 299 g/mol. The summed E-state index contributed by atoms with van der Waals surface area (Å²) >= 11 is 17.1. The normalized spacial score (nSPS) is 10.7. The van der Waals surface area contributed by atoms with Gasteiger partial charge in [-0.05, 0) is 43.3 Å². The molecule has 0 fully saturated rings. The van der Waals surface area contributed by atoms with Gasteiger partial charge in [0.15, 0.2) is 5.11 Å². The van der Waals surface area contributed by atoms with Gasteiger partial charge in [0.25, 0.3) is 0 Å². The first-order chi connectivity index (χ1) is 8.94. The Labute approximate surface area is 129 Å². The third-order valence-corrected chi connectivity index (χ3v) is 3.60. The van der Waals surface area contributed by atoms with Crippen LogP contribution in [0.15, 0.2) is 18.2 Å². The van der Waals surface area contributed by atoms with Crippen molar-refractivity contribution in [1.82, 2.24) is 5.32 Å². The molecule has 1 aromatic carbocycles. The van der Waals surface area contributed by atoms with Crippen LogP contribution in [0.2, 0.25) is 10.0 Å². The van der Waals surface area contributed by atoms with Gasteiger partial charge in [0.2, 0.25) is 0 Å². The highest BCUT2D eigenvalue weighted by molar-refractivity contribution is 7.80. The van der Waals surface area contributed by atoms with E-state index in [2.05, 4.69) is 16.6 Å². The molecule has 2 nitrogen and oxygen atoms in total. The highest BCUT2D eigenvalue weighted by Crippen LogP contribution is 2.22. The van der Waals surface area contributed by atoms with Crippen LogP contribution in [0.3, 0.4) is 0 Å². The molecule has 1 aromatic rings. The van der Waals surface area contributed by atoms with Gasteiger partial charge in [-0.2, -0.15) is 0 Å². The van der Waals surface area contributed by atoms with Crippen molar-refractivity contribution >= 4 is 46.2 Å². The van der Waals surface area contributed by atoms with Gasteiger partial charge in [-0.3, -0.25) is 0 Å². The molecule has 0 aliphatic carbocycles. The van der Waals surface area contributed by atoms with E-state index in [4.69, 9.17) is 41.8 Å². The molecule has 0 aromatic heterocycles. The molecule has 0 saturated heterocycles. The summed E-state index contributed by atoms with van der Waals surface area (Å²) in [5.74, 6) is 2.76. The SMILES string of the molecule is C#CC(CC)(CC)NC(=S)Nc1cc(Cl)cc(Cl)c1. The lowest BCUT2D eigenvalue weighted by molar-refractivity contribution is 0.461. The summed E-state index contributed by atoms with van der Waals surface area (Å²) in [4.78, 5) is 0. The molecule has 0 atom stereocenters. The van der Waals surface area contributed by atoms with Crippen molar-refractivity contribution in [2.24, 2.45) is 0 Å². The first-order valence-corrected chi connectivity index (χ1v) is 7.14. The maximum atomic E-state index is 5.93. The van der Waals surface area contributed by atoms with E-state index < -0.39 is 5.54 Å². The second-order valence-corrected chi connectivity index (χ2v) is 5.45. The second kappa shape index (κ2) is 7.00. The van der Waals surface area contributed by atoms with Crippen LogP contribution in [-0.2, 0) is 0 Å². The Hall–Kier alpha value is -0.950. The Morgan fingerprint density at radius 1 is 1.26 bits per heavy atom. The fourth-order valence-corrected chi connectivity index (χ4v) is 2.51. The summed E-state index contributed by atoms with van der Waals surface area (Å²) in [5.41, 5.74) is 0.306. The molecule has 5 heteroatoms. The Balaban J connectivity index is 2.78. The van der Waals surface area contributed by atoms with Crippen molar-refractivity contribution < 1.29 is 0 Å². The Morgan fingerprint density at radius 2 is 1.79 bits per heavy atom. The molecule has 0 amide bonds. The number of rotatable bonds is 4. The van der Waals surface area contributed by atoms with Crippen molar-refractivity contribution in [2.75, 3.05) is 5.32 Å². The minimum Gasteiger partial charge on any atom is -0.346 e. The number of benzene rings is 1. The van der Waals surface area contributed by atoms with Gasteiger partial charge in [-0.15, -0.1) is 6.42 Å². The smallest absolute Gasteiger partial charge is 0.171 e. The van der Waals surface area contributed by atoms with Crippen LogP contribution in [0, 0.1) is 12.3 Å². The highest BCUT2D eigenvalue weighted by Gasteiger charge is 2.23. The minimum atomic E-state index is -0.424. The summed E-state index contributed by atoms with van der Waals surface area (Å²) in [6.07, 6.45) is 7.16. The first kappa shape index (κ1) is 16.1. The van der Waals surface area contributed by atoms with Crippen LogP contribution in [0.4, 0.5) is 5.69 Å². The van der Waals surface area contributed by atoms with E-state index in [-0.39, 0.29) is 0 Å². The predicted octanol–water partition coefficient (Wildman–Crippen LogP) is 4.47. The molecule has 0 saturated carbocycles. The summed E-state index contributed by atoms with van der Waals surface area (Å²) in [7, 11) is 0. The molecule has 2 N–H and O–H groups in total. The fraction of sp³-hybridized carbons (Fsp3) is 0.357. The van der Waals surface area contributed by atoms with Crippen LogP contribution in [0.1, 0.15) is 26.7 Å². The third-order valence-electron chi connectivity index (χ3n) is 2.96. The van der Waals surface area contributed by atoms with Gasteiger partial charge >= 0.3 is 0 Å². The molecular formula is C14H16Cl2N2S. The average Bonchev–Trinajstić information content (AvgIpc) is 2.35. The zero-order chi connectivity index (χ0) is 14.5. The Morgan fingerprint density at radius 3 is 2.21 bits per heavy atom. The fourth-order valence-electron chi connectivity index (χ4n) is 1.67. The van der Waals surface area contributed by atoms with Crippen molar-refractivity contribution in [1.29, 1.82) is 0 Å². The van der Waals surface area contributed by atoms with E-state index in [1.54, 1.807) is 18.2 Å². The summed E-state index contributed by atoms with van der Waals surface area (Å²) in [6, 6.07) is 5.16. The monoisotopic (exact) mass is 314 g/mol. The number of hydrogen-bond acceptors (Lipinski definition) is 1. The molecule has 0 spiro atoms. The zero-order valence-electron chi connectivity index (χ0n) is 10.9. The first-order valence-electron chi connectivity index (χ1n) is 5.97. The quantitative estimate of drug-likeness (QED) is 0.633.